The minimum Gasteiger partial charge on any atom is -0.392 e. The van der Waals surface area contributed by atoms with Gasteiger partial charge in [0.15, 0.2) is 0 Å². The largest absolute Gasteiger partial charge is 0.392 e. The number of nitrogens with one attached hydrogen (secondary N) is 1. The molecule has 4 heteroatoms. The third-order valence-electron chi connectivity index (χ3n) is 4.13. The normalized spacial score (nSPS) is 12.3. The molecule has 1 heterocycles. The molecule has 3 aromatic rings. The zero-order valence-electron chi connectivity index (χ0n) is 14.0. The third-order valence-corrected chi connectivity index (χ3v) is 5.52. The number of aliphatic hydroxyl groups is 1. The predicted octanol–water partition coefficient (Wildman–Crippen LogP) is 4.46. The molecule has 124 valence electrons. The number of thiazole rings is 1. The van der Waals surface area contributed by atoms with Gasteiger partial charge < -0.3 is 10.4 Å². The fourth-order valence-corrected chi connectivity index (χ4v) is 3.85. The van der Waals surface area contributed by atoms with E-state index in [0.717, 1.165) is 33.9 Å². The molecule has 3 rings (SSSR count). The molecule has 0 fully saturated rings. The molecule has 0 amide bonds. The van der Waals surface area contributed by atoms with E-state index >= 15 is 0 Å². The number of aliphatic hydroxyl groups excluding tert-OH is 1. The Kier molecular flexibility index (Phi) is 5.41. The lowest BCUT2D eigenvalue weighted by molar-refractivity contribution is 0.280. The average molecular weight is 338 g/mol. The molecule has 0 aliphatic carbocycles. The Balaban J connectivity index is 1.74. The van der Waals surface area contributed by atoms with Crippen LogP contribution in [0, 0.1) is 6.92 Å². The molecule has 24 heavy (non-hydrogen) atoms. The molecule has 0 saturated carbocycles. The number of benzene rings is 2. The lowest BCUT2D eigenvalue weighted by atomic mass is 10.1. The topological polar surface area (TPSA) is 45.2 Å². The van der Waals surface area contributed by atoms with E-state index in [4.69, 9.17) is 4.98 Å². The van der Waals surface area contributed by atoms with Crippen LogP contribution in [-0.2, 0) is 13.2 Å². The summed E-state index contributed by atoms with van der Waals surface area (Å²) in [4.78, 5) is 5.99. The number of nitrogens with zero attached hydrogens (tertiary/aromatic N) is 1. The lowest BCUT2D eigenvalue weighted by Gasteiger charge is -2.14. The van der Waals surface area contributed by atoms with E-state index in [2.05, 4.69) is 37.4 Å². The van der Waals surface area contributed by atoms with Gasteiger partial charge in [0.2, 0.25) is 0 Å². The van der Waals surface area contributed by atoms with Crippen LogP contribution in [0.1, 0.15) is 34.7 Å². The van der Waals surface area contributed by atoms with Crippen LogP contribution in [0.15, 0.2) is 54.6 Å². The average Bonchev–Trinajstić information content (AvgIpc) is 3.02. The second-order valence-corrected chi connectivity index (χ2v) is 6.89. The zero-order valence-corrected chi connectivity index (χ0v) is 14.8. The highest BCUT2D eigenvalue weighted by Gasteiger charge is 2.15. The standard InChI is InChI=1S/C20H22N2OS/c1-14(21-12-17-10-6-7-11-18(17)13-23)19-15(2)22-20(24-19)16-8-4-3-5-9-16/h3-11,14,21,23H,12-13H2,1-2H3. The first-order chi connectivity index (χ1) is 11.7. The number of aromatic nitrogens is 1. The quantitative estimate of drug-likeness (QED) is 0.697. The molecule has 1 unspecified atom stereocenters. The van der Waals surface area contributed by atoms with Crippen molar-refractivity contribution in [1.82, 2.24) is 10.3 Å². The summed E-state index contributed by atoms with van der Waals surface area (Å²) in [6.45, 7) is 5.04. The molecule has 0 aliphatic rings. The van der Waals surface area contributed by atoms with Crippen molar-refractivity contribution < 1.29 is 5.11 Å². The van der Waals surface area contributed by atoms with Crippen LogP contribution in [0.25, 0.3) is 10.6 Å². The van der Waals surface area contributed by atoms with Crippen LogP contribution in [0.3, 0.4) is 0 Å². The van der Waals surface area contributed by atoms with Crippen molar-refractivity contribution in [1.29, 1.82) is 0 Å². The first kappa shape index (κ1) is 16.8. The van der Waals surface area contributed by atoms with Crippen molar-refractivity contribution in [3.8, 4) is 10.6 Å². The van der Waals surface area contributed by atoms with Gasteiger partial charge in [0.25, 0.3) is 0 Å². The Morgan fingerprint density at radius 2 is 1.71 bits per heavy atom. The summed E-state index contributed by atoms with van der Waals surface area (Å²) in [6, 6.07) is 18.5. The van der Waals surface area contributed by atoms with Gasteiger partial charge in [0, 0.05) is 23.0 Å². The highest BCUT2D eigenvalue weighted by Crippen LogP contribution is 2.31. The van der Waals surface area contributed by atoms with E-state index in [-0.39, 0.29) is 12.6 Å². The van der Waals surface area contributed by atoms with E-state index in [1.807, 2.05) is 36.4 Å². The number of rotatable bonds is 6. The van der Waals surface area contributed by atoms with Gasteiger partial charge in [-0.15, -0.1) is 11.3 Å². The van der Waals surface area contributed by atoms with Crippen LogP contribution < -0.4 is 5.32 Å². The SMILES string of the molecule is Cc1nc(-c2ccccc2)sc1C(C)NCc1ccccc1CO. The number of hydrogen-bond donors (Lipinski definition) is 2. The van der Waals surface area contributed by atoms with Crippen LogP contribution in [0.5, 0.6) is 0 Å². The van der Waals surface area contributed by atoms with E-state index < -0.39 is 0 Å². The van der Waals surface area contributed by atoms with Crippen LogP contribution in [-0.4, -0.2) is 10.1 Å². The summed E-state index contributed by atoms with van der Waals surface area (Å²) < 4.78 is 0. The van der Waals surface area contributed by atoms with Crippen LogP contribution in [0.4, 0.5) is 0 Å². The van der Waals surface area contributed by atoms with Gasteiger partial charge in [-0.1, -0.05) is 54.6 Å². The molecule has 1 atom stereocenters. The van der Waals surface area contributed by atoms with Crippen molar-refractivity contribution in [2.75, 3.05) is 0 Å². The van der Waals surface area contributed by atoms with Crippen molar-refractivity contribution in [2.45, 2.75) is 33.0 Å². The molecule has 0 aliphatic heterocycles. The molecule has 0 radical (unpaired) electrons. The molecular formula is C20H22N2OS. The molecule has 0 saturated heterocycles. The first-order valence-electron chi connectivity index (χ1n) is 8.13. The molecule has 2 aromatic carbocycles. The van der Waals surface area contributed by atoms with Gasteiger partial charge in [-0.05, 0) is 25.0 Å². The predicted molar refractivity (Wildman–Crippen MR) is 99.9 cm³/mol. The van der Waals surface area contributed by atoms with Crippen molar-refractivity contribution >= 4 is 11.3 Å². The van der Waals surface area contributed by atoms with Gasteiger partial charge in [-0.2, -0.15) is 0 Å². The van der Waals surface area contributed by atoms with Crippen molar-refractivity contribution in [3.63, 3.8) is 0 Å². The van der Waals surface area contributed by atoms with E-state index in [0.29, 0.717) is 0 Å². The first-order valence-corrected chi connectivity index (χ1v) is 8.94. The number of aryl methyl sites for hydroxylation is 1. The van der Waals surface area contributed by atoms with Crippen LogP contribution in [0.2, 0.25) is 0 Å². The molecule has 2 N–H and O–H groups in total. The van der Waals surface area contributed by atoms with Gasteiger partial charge in [-0.25, -0.2) is 4.98 Å². The van der Waals surface area contributed by atoms with Gasteiger partial charge in [0.05, 0.1) is 12.3 Å². The molecule has 3 nitrogen and oxygen atoms in total. The smallest absolute Gasteiger partial charge is 0.123 e. The summed E-state index contributed by atoms with van der Waals surface area (Å²) in [7, 11) is 0. The lowest BCUT2D eigenvalue weighted by Crippen LogP contribution is -2.18. The summed E-state index contributed by atoms with van der Waals surface area (Å²) >= 11 is 1.74. The third kappa shape index (κ3) is 3.73. The Labute approximate surface area is 147 Å². The van der Waals surface area contributed by atoms with Crippen LogP contribution >= 0.6 is 11.3 Å². The van der Waals surface area contributed by atoms with E-state index in [1.165, 1.54) is 4.88 Å². The number of hydrogen-bond acceptors (Lipinski definition) is 4. The Morgan fingerprint density at radius 3 is 2.42 bits per heavy atom. The summed E-state index contributed by atoms with van der Waals surface area (Å²) in [5, 5.41) is 14.1. The van der Waals surface area contributed by atoms with Crippen molar-refractivity contribution in [3.05, 3.63) is 76.3 Å². The molecular weight excluding hydrogens is 316 g/mol. The maximum absolute atomic E-state index is 9.44. The van der Waals surface area contributed by atoms with Gasteiger partial charge in [-0.3, -0.25) is 0 Å². The van der Waals surface area contributed by atoms with E-state index in [1.54, 1.807) is 11.3 Å². The van der Waals surface area contributed by atoms with Gasteiger partial charge in [0.1, 0.15) is 5.01 Å². The fraction of sp³-hybridized carbons (Fsp3) is 0.250. The summed E-state index contributed by atoms with van der Waals surface area (Å²) in [5.41, 5.74) is 4.35. The Morgan fingerprint density at radius 1 is 1.04 bits per heavy atom. The van der Waals surface area contributed by atoms with Gasteiger partial charge >= 0.3 is 0 Å². The van der Waals surface area contributed by atoms with Crippen molar-refractivity contribution in [2.24, 2.45) is 0 Å². The molecule has 1 aromatic heterocycles. The van der Waals surface area contributed by atoms with E-state index in [9.17, 15) is 5.11 Å². The highest BCUT2D eigenvalue weighted by atomic mass is 32.1. The zero-order chi connectivity index (χ0) is 16.9. The maximum Gasteiger partial charge on any atom is 0.123 e. The highest BCUT2D eigenvalue weighted by molar-refractivity contribution is 7.15. The summed E-state index contributed by atoms with van der Waals surface area (Å²) in [6.07, 6.45) is 0. The summed E-state index contributed by atoms with van der Waals surface area (Å²) in [5.74, 6) is 0. The second-order valence-electron chi connectivity index (χ2n) is 5.86. The minimum absolute atomic E-state index is 0.0734. The molecule has 0 bridgehead atoms. The Bertz CT molecular complexity index is 798. The fourth-order valence-electron chi connectivity index (χ4n) is 2.75. The monoisotopic (exact) mass is 338 g/mol. The molecule has 0 spiro atoms. The minimum atomic E-state index is 0.0734. The Hall–Kier alpha value is -2.01. The maximum atomic E-state index is 9.44. The second kappa shape index (κ2) is 7.71.